The van der Waals surface area contributed by atoms with Crippen molar-refractivity contribution in [3.63, 3.8) is 0 Å². The van der Waals surface area contributed by atoms with Crippen molar-refractivity contribution >= 4 is 21.9 Å². The number of benzene rings is 3. The van der Waals surface area contributed by atoms with Crippen molar-refractivity contribution in [2.75, 3.05) is 13.2 Å². The van der Waals surface area contributed by atoms with Crippen molar-refractivity contribution in [2.45, 2.75) is 24.8 Å². The number of sulfonamides is 1. The molecule has 1 amide bonds. The highest BCUT2D eigenvalue weighted by atomic mass is 32.2. The molecular weight excluding hydrogens is 494 g/mol. The molecule has 0 saturated heterocycles. The highest BCUT2D eigenvalue weighted by Crippen LogP contribution is 2.19. The van der Waals surface area contributed by atoms with Crippen LogP contribution in [0.2, 0.25) is 0 Å². The number of aryl methyl sites for hydroxylation is 1. The van der Waals surface area contributed by atoms with E-state index in [2.05, 4.69) is 17.1 Å². The summed E-state index contributed by atoms with van der Waals surface area (Å²) in [6.45, 7) is 2.63. The number of nitrogens with zero attached hydrogens (tertiary/aromatic N) is 2. The molecule has 0 bridgehead atoms. The topological polar surface area (TPSA) is 122 Å². The van der Waals surface area contributed by atoms with Crippen molar-refractivity contribution in [3.05, 3.63) is 106 Å². The molecule has 0 radical (unpaired) electrons. The smallest absolute Gasteiger partial charge is 0.338 e. The standard InChI is InChI=1S/C27H25N3O6S/c1-20-8-10-22(11-9-20)12-13-23-14-16-25(17-15-23)37(34,35)30(21(2)26(31)28-29-33)18-19-36-27(32)24-6-4-3-5-7-24/h3-11,14-17,21H,18-19H2,1-2H3,(H,28,31,33)/t21-/m1/s1. The molecule has 9 nitrogen and oxygen atoms in total. The average molecular weight is 520 g/mol. The minimum absolute atomic E-state index is 0.0958. The Morgan fingerprint density at radius 1 is 0.946 bits per heavy atom. The summed E-state index contributed by atoms with van der Waals surface area (Å²) >= 11 is 0. The number of hydrogen-bond acceptors (Lipinski definition) is 7. The number of nitroso groups, excluding NO2 is 1. The first kappa shape index (κ1) is 27.3. The van der Waals surface area contributed by atoms with Gasteiger partial charge in [0.1, 0.15) is 12.6 Å². The zero-order chi connectivity index (χ0) is 26.8. The number of nitrogens with one attached hydrogen (secondary N) is 1. The lowest BCUT2D eigenvalue weighted by Crippen LogP contribution is -2.48. The molecule has 0 aliphatic carbocycles. The fourth-order valence-corrected chi connectivity index (χ4v) is 4.88. The van der Waals surface area contributed by atoms with E-state index in [4.69, 9.17) is 4.74 Å². The third-order valence-electron chi connectivity index (χ3n) is 5.39. The van der Waals surface area contributed by atoms with E-state index in [0.29, 0.717) is 11.1 Å². The Kier molecular flexibility index (Phi) is 9.27. The maximum atomic E-state index is 13.4. The van der Waals surface area contributed by atoms with Crippen molar-refractivity contribution in [2.24, 2.45) is 5.29 Å². The zero-order valence-corrected chi connectivity index (χ0v) is 21.1. The van der Waals surface area contributed by atoms with Crippen LogP contribution >= 0.6 is 0 Å². The first-order chi connectivity index (χ1) is 17.7. The van der Waals surface area contributed by atoms with Crippen LogP contribution in [0.25, 0.3) is 0 Å². The highest BCUT2D eigenvalue weighted by molar-refractivity contribution is 7.89. The molecule has 0 aliphatic rings. The molecular formula is C27H25N3O6S. The number of amides is 1. The van der Waals surface area contributed by atoms with Gasteiger partial charge in [-0.05, 0) is 62.4 Å². The molecule has 37 heavy (non-hydrogen) atoms. The molecule has 10 heteroatoms. The molecule has 0 aromatic heterocycles. The van der Waals surface area contributed by atoms with Crippen molar-refractivity contribution in [1.29, 1.82) is 0 Å². The van der Waals surface area contributed by atoms with Crippen molar-refractivity contribution < 1.29 is 22.7 Å². The summed E-state index contributed by atoms with van der Waals surface area (Å²) in [7, 11) is -4.23. The minimum atomic E-state index is -4.23. The van der Waals surface area contributed by atoms with Crippen LogP contribution in [0.5, 0.6) is 0 Å². The number of hydrogen-bond donors (Lipinski definition) is 1. The summed E-state index contributed by atoms with van der Waals surface area (Å²) in [6.07, 6.45) is 0. The van der Waals surface area contributed by atoms with Gasteiger partial charge < -0.3 is 4.74 Å². The van der Waals surface area contributed by atoms with Crippen LogP contribution in [0.3, 0.4) is 0 Å². The van der Waals surface area contributed by atoms with E-state index < -0.39 is 27.9 Å². The Morgan fingerprint density at radius 2 is 1.51 bits per heavy atom. The van der Waals surface area contributed by atoms with Gasteiger partial charge in [0.2, 0.25) is 10.0 Å². The van der Waals surface area contributed by atoms with Gasteiger partial charge in [-0.2, -0.15) is 4.31 Å². The first-order valence-corrected chi connectivity index (χ1v) is 12.7. The predicted molar refractivity (Wildman–Crippen MR) is 138 cm³/mol. The molecule has 190 valence electrons. The molecule has 3 aromatic carbocycles. The van der Waals surface area contributed by atoms with Gasteiger partial charge in [-0.25, -0.2) is 18.6 Å². The molecule has 0 fully saturated rings. The van der Waals surface area contributed by atoms with E-state index in [1.165, 1.54) is 19.1 Å². The highest BCUT2D eigenvalue weighted by Gasteiger charge is 2.33. The molecule has 1 N–H and O–H groups in total. The van der Waals surface area contributed by atoms with Gasteiger partial charge in [-0.1, -0.05) is 47.7 Å². The quantitative estimate of drug-likeness (QED) is 0.200. The molecule has 0 aliphatic heterocycles. The van der Waals surface area contributed by atoms with Crippen LogP contribution in [0.15, 0.2) is 89.0 Å². The summed E-state index contributed by atoms with van der Waals surface area (Å²) in [5, 5.41) is 2.33. The Labute approximate surface area is 215 Å². The molecule has 0 unspecified atom stereocenters. The van der Waals surface area contributed by atoms with E-state index in [1.54, 1.807) is 47.9 Å². The van der Waals surface area contributed by atoms with Gasteiger partial charge in [0.15, 0.2) is 0 Å². The van der Waals surface area contributed by atoms with Gasteiger partial charge in [0.25, 0.3) is 5.91 Å². The maximum Gasteiger partial charge on any atom is 0.338 e. The fourth-order valence-electron chi connectivity index (χ4n) is 3.30. The zero-order valence-electron chi connectivity index (χ0n) is 20.2. The van der Waals surface area contributed by atoms with Crippen molar-refractivity contribution in [1.82, 2.24) is 9.73 Å². The number of ether oxygens (including phenoxy) is 1. The van der Waals surface area contributed by atoms with Gasteiger partial charge in [0.05, 0.1) is 15.7 Å². The van der Waals surface area contributed by atoms with Gasteiger partial charge in [0, 0.05) is 17.7 Å². The minimum Gasteiger partial charge on any atom is -0.461 e. The van der Waals surface area contributed by atoms with E-state index in [1.807, 2.05) is 31.2 Å². The van der Waals surface area contributed by atoms with Crippen LogP contribution in [0.4, 0.5) is 0 Å². The second kappa shape index (κ2) is 12.6. The Morgan fingerprint density at radius 3 is 2.08 bits per heavy atom. The lowest BCUT2D eigenvalue weighted by molar-refractivity contribution is -0.124. The Hall–Kier alpha value is -4.33. The van der Waals surface area contributed by atoms with Gasteiger partial charge in [-0.3, -0.25) is 4.79 Å². The van der Waals surface area contributed by atoms with E-state index in [0.717, 1.165) is 15.4 Å². The summed E-state index contributed by atoms with van der Waals surface area (Å²) in [6, 6.07) is 20.4. The van der Waals surface area contributed by atoms with Crippen LogP contribution in [0, 0.1) is 23.7 Å². The van der Waals surface area contributed by atoms with E-state index in [9.17, 15) is 22.9 Å². The normalized spacial score (nSPS) is 11.6. The van der Waals surface area contributed by atoms with Crippen LogP contribution < -0.4 is 5.43 Å². The predicted octanol–water partition coefficient (Wildman–Crippen LogP) is 3.43. The molecule has 3 aromatic rings. The van der Waals surface area contributed by atoms with E-state index >= 15 is 0 Å². The second-order valence-electron chi connectivity index (χ2n) is 8.00. The third kappa shape index (κ3) is 7.33. The van der Waals surface area contributed by atoms with Gasteiger partial charge in [-0.15, -0.1) is 4.91 Å². The number of rotatable bonds is 9. The lowest BCUT2D eigenvalue weighted by atomic mass is 10.1. The Balaban J connectivity index is 1.79. The molecule has 0 heterocycles. The molecule has 0 saturated carbocycles. The summed E-state index contributed by atoms with van der Waals surface area (Å²) in [4.78, 5) is 34.9. The Bertz CT molecular complexity index is 1410. The van der Waals surface area contributed by atoms with Gasteiger partial charge >= 0.3 is 5.97 Å². The van der Waals surface area contributed by atoms with Crippen LogP contribution in [-0.2, 0) is 19.6 Å². The molecule has 1 atom stereocenters. The average Bonchev–Trinajstić information content (AvgIpc) is 2.91. The second-order valence-corrected chi connectivity index (χ2v) is 9.89. The maximum absolute atomic E-state index is 13.4. The lowest BCUT2D eigenvalue weighted by Gasteiger charge is -2.26. The number of carbonyl (C=O) groups excluding carboxylic acids is 2. The van der Waals surface area contributed by atoms with Crippen LogP contribution in [0.1, 0.15) is 34.0 Å². The third-order valence-corrected chi connectivity index (χ3v) is 7.37. The monoisotopic (exact) mass is 519 g/mol. The largest absolute Gasteiger partial charge is 0.461 e. The van der Waals surface area contributed by atoms with Crippen LogP contribution in [-0.4, -0.2) is 43.8 Å². The summed E-state index contributed by atoms with van der Waals surface area (Å²) < 4.78 is 32.9. The summed E-state index contributed by atoms with van der Waals surface area (Å²) in [5.41, 5.74) is 4.55. The fraction of sp³-hybridized carbons (Fsp3) is 0.185. The molecule has 3 rings (SSSR count). The number of carbonyl (C=O) groups is 2. The molecule has 0 spiro atoms. The first-order valence-electron chi connectivity index (χ1n) is 11.3. The van der Waals surface area contributed by atoms with E-state index in [-0.39, 0.29) is 18.0 Å². The SMILES string of the molecule is Cc1ccc(C#Cc2ccc(S(=O)(=O)N(CCOC(=O)c3ccccc3)[C@H](C)C(=O)NN=O)cc2)cc1. The summed E-state index contributed by atoms with van der Waals surface area (Å²) in [5.74, 6) is 4.44. The van der Waals surface area contributed by atoms with Crippen molar-refractivity contribution in [3.8, 4) is 11.8 Å². The number of esters is 1.